The zero-order valence-corrected chi connectivity index (χ0v) is 15.9. The molecule has 4 rings (SSSR count). The average molecular weight is 406 g/mol. The van der Waals surface area contributed by atoms with Gasteiger partial charge in [-0.3, -0.25) is 4.79 Å². The molecule has 0 spiro atoms. The molecule has 0 fully saturated rings. The molecule has 29 heavy (non-hydrogen) atoms. The molecule has 3 aromatic carbocycles. The Hall–Kier alpha value is -3.58. The van der Waals surface area contributed by atoms with Gasteiger partial charge in [-0.05, 0) is 47.2 Å². The minimum Gasteiger partial charge on any atom is -0.451 e. The average Bonchev–Trinajstić information content (AvgIpc) is 3.23. The number of nitrogens with one attached hydrogen (secondary N) is 1. The van der Waals surface area contributed by atoms with Crippen LogP contribution in [-0.2, 0) is 9.53 Å². The van der Waals surface area contributed by atoms with E-state index in [0.29, 0.717) is 16.3 Å². The minimum absolute atomic E-state index is 0.104. The first kappa shape index (κ1) is 18.8. The summed E-state index contributed by atoms with van der Waals surface area (Å²) in [6.45, 7) is -0.422. The Balaban J connectivity index is 1.35. The molecular weight excluding hydrogens is 391 g/mol. The van der Waals surface area contributed by atoms with Gasteiger partial charge in [0.05, 0.1) is 0 Å². The maximum atomic E-state index is 13.0. The minimum atomic E-state index is -0.691. The van der Waals surface area contributed by atoms with Crippen LogP contribution in [0.15, 0.2) is 72.1 Å². The molecule has 0 saturated heterocycles. The van der Waals surface area contributed by atoms with Gasteiger partial charge in [-0.2, -0.15) is 0 Å². The van der Waals surface area contributed by atoms with Gasteiger partial charge in [0.2, 0.25) is 0 Å². The van der Waals surface area contributed by atoms with E-state index in [2.05, 4.69) is 10.3 Å². The van der Waals surface area contributed by atoms with E-state index in [1.54, 1.807) is 23.6 Å². The molecule has 0 atom stereocenters. The molecule has 1 heterocycles. The fourth-order valence-corrected chi connectivity index (χ4v) is 3.56. The van der Waals surface area contributed by atoms with Gasteiger partial charge in [-0.25, -0.2) is 14.2 Å². The molecule has 0 aliphatic heterocycles. The van der Waals surface area contributed by atoms with Crippen molar-refractivity contribution in [3.63, 3.8) is 0 Å². The Bertz CT molecular complexity index is 1190. The number of nitrogens with zero attached hydrogens (tertiary/aromatic N) is 1. The molecule has 144 valence electrons. The molecule has 1 N–H and O–H groups in total. The van der Waals surface area contributed by atoms with Gasteiger partial charge in [-0.1, -0.05) is 30.3 Å². The van der Waals surface area contributed by atoms with Gasteiger partial charge in [0, 0.05) is 16.6 Å². The second-order valence-electron chi connectivity index (χ2n) is 6.23. The normalized spacial score (nSPS) is 10.7. The summed E-state index contributed by atoms with van der Waals surface area (Å²) < 4.78 is 18.1. The van der Waals surface area contributed by atoms with Crippen molar-refractivity contribution in [2.24, 2.45) is 0 Å². The highest BCUT2D eigenvalue weighted by Gasteiger charge is 2.15. The molecule has 0 aliphatic rings. The molecule has 4 aromatic rings. The second kappa shape index (κ2) is 8.20. The highest BCUT2D eigenvalue weighted by molar-refractivity contribution is 7.13. The van der Waals surface area contributed by atoms with E-state index in [1.807, 2.05) is 36.4 Å². The van der Waals surface area contributed by atoms with E-state index in [1.165, 1.54) is 23.5 Å². The number of fused-ring (bicyclic) bond motifs is 1. The summed E-state index contributed by atoms with van der Waals surface area (Å²) in [6.07, 6.45) is 0. The van der Waals surface area contributed by atoms with Crippen molar-refractivity contribution in [3.8, 4) is 10.6 Å². The molecule has 7 heteroatoms. The summed E-state index contributed by atoms with van der Waals surface area (Å²) >= 11 is 1.24. The molecule has 1 aromatic heterocycles. The highest BCUT2D eigenvalue weighted by Crippen LogP contribution is 2.24. The number of thiazole rings is 1. The third-order valence-corrected chi connectivity index (χ3v) is 5.06. The second-order valence-corrected chi connectivity index (χ2v) is 7.09. The maximum Gasteiger partial charge on any atom is 0.358 e. The topological polar surface area (TPSA) is 68.3 Å². The number of halogens is 1. The SMILES string of the molecule is O=C(COC(=O)c1csc(-c2ccc(F)cc2)n1)Nc1ccc2ccccc2c1. The van der Waals surface area contributed by atoms with Crippen molar-refractivity contribution in [1.29, 1.82) is 0 Å². The summed E-state index contributed by atoms with van der Waals surface area (Å²) in [5.74, 6) is -1.48. The van der Waals surface area contributed by atoms with Crippen LogP contribution in [-0.4, -0.2) is 23.5 Å². The first-order chi connectivity index (χ1) is 14.1. The van der Waals surface area contributed by atoms with Crippen LogP contribution in [0.25, 0.3) is 21.3 Å². The third kappa shape index (κ3) is 4.47. The van der Waals surface area contributed by atoms with Crippen LogP contribution in [0.4, 0.5) is 10.1 Å². The van der Waals surface area contributed by atoms with Crippen LogP contribution >= 0.6 is 11.3 Å². The van der Waals surface area contributed by atoms with Crippen molar-refractivity contribution in [2.75, 3.05) is 11.9 Å². The molecule has 0 bridgehead atoms. The Kier molecular flexibility index (Phi) is 5.31. The fraction of sp³-hybridized carbons (Fsp3) is 0.0455. The number of hydrogen-bond donors (Lipinski definition) is 1. The Morgan fingerprint density at radius 1 is 1.00 bits per heavy atom. The van der Waals surface area contributed by atoms with Crippen LogP contribution in [0, 0.1) is 5.82 Å². The molecule has 5 nitrogen and oxygen atoms in total. The lowest BCUT2D eigenvalue weighted by Gasteiger charge is -2.07. The van der Waals surface area contributed by atoms with Gasteiger partial charge in [0.1, 0.15) is 10.8 Å². The van der Waals surface area contributed by atoms with Gasteiger partial charge in [0.15, 0.2) is 12.3 Å². The quantitative estimate of drug-likeness (QED) is 0.479. The van der Waals surface area contributed by atoms with Crippen LogP contribution in [0.3, 0.4) is 0 Å². The van der Waals surface area contributed by atoms with Crippen LogP contribution in [0.1, 0.15) is 10.5 Å². The molecule has 0 aliphatic carbocycles. The largest absolute Gasteiger partial charge is 0.451 e. The monoisotopic (exact) mass is 406 g/mol. The standard InChI is InChI=1S/C22H15FN2O3S/c23-17-8-5-15(6-9-17)21-25-19(13-29-21)22(27)28-12-20(26)24-18-10-7-14-3-1-2-4-16(14)11-18/h1-11,13H,12H2,(H,24,26). The van der Waals surface area contributed by atoms with E-state index in [9.17, 15) is 14.0 Å². The summed E-state index contributed by atoms with van der Waals surface area (Å²) in [5, 5.41) is 6.88. The van der Waals surface area contributed by atoms with Gasteiger partial charge < -0.3 is 10.1 Å². The fourth-order valence-electron chi connectivity index (χ4n) is 2.76. The highest BCUT2D eigenvalue weighted by atomic mass is 32.1. The number of amides is 1. The number of carbonyl (C=O) groups is 2. The van der Waals surface area contributed by atoms with E-state index >= 15 is 0 Å². The first-order valence-electron chi connectivity index (χ1n) is 8.76. The van der Waals surface area contributed by atoms with Crippen LogP contribution < -0.4 is 5.32 Å². The van der Waals surface area contributed by atoms with Crippen molar-refractivity contribution in [2.45, 2.75) is 0 Å². The molecular formula is C22H15FN2O3S. The van der Waals surface area contributed by atoms with Gasteiger partial charge in [-0.15, -0.1) is 11.3 Å². The Morgan fingerprint density at radius 2 is 1.76 bits per heavy atom. The Morgan fingerprint density at radius 3 is 2.55 bits per heavy atom. The van der Waals surface area contributed by atoms with E-state index < -0.39 is 18.5 Å². The number of rotatable bonds is 5. The summed E-state index contributed by atoms with van der Waals surface area (Å²) in [7, 11) is 0. The first-order valence-corrected chi connectivity index (χ1v) is 9.64. The predicted octanol–water partition coefficient (Wildman–Crippen LogP) is 4.90. The Labute approximate surface area is 169 Å². The predicted molar refractivity (Wildman–Crippen MR) is 110 cm³/mol. The summed E-state index contributed by atoms with van der Waals surface area (Å²) in [6, 6.07) is 19.2. The smallest absolute Gasteiger partial charge is 0.358 e. The number of carbonyl (C=O) groups excluding carboxylic acids is 2. The maximum absolute atomic E-state index is 13.0. The number of benzene rings is 3. The molecule has 0 radical (unpaired) electrons. The van der Waals surface area contributed by atoms with Crippen molar-refractivity contribution < 1.29 is 18.7 Å². The van der Waals surface area contributed by atoms with E-state index in [4.69, 9.17) is 4.74 Å². The van der Waals surface area contributed by atoms with Crippen molar-refractivity contribution in [3.05, 3.63) is 83.6 Å². The lowest BCUT2D eigenvalue weighted by Crippen LogP contribution is -2.21. The molecule has 1 amide bonds. The zero-order chi connectivity index (χ0) is 20.2. The van der Waals surface area contributed by atoms with Gasteiger partial charge >= 0.3 is 5.97 Å². The molecule has 0 saturated carbocycles. The number of anilines is 1. The van der Waals surface area contributed by atoms with E-state index in [-0.39, 0.29) is 11.5 Å². The van der Waals surface area contributed by atoms with Crippen LogP contribution in [0.2, 0.25) is 0 Å². The zero-order valence-electron chi connectivity index (χ0n) is 15.1. The number of esters is 1. The summed E-state index contributed by atoms with van der Waals surface area (Å²) in [4.78, 5) is 28.5. The van der Waals surface area contributed by atoms with Crippen molar-refractivity contribution in [1.82, 2.24) is 4.98 Å². The lowest BCUT2D eigenvalue weighted by atomic mass is 10.1. The lowest BCUT2D eigenvalue weighted by molar-refractivity contribution is -0.119. The molecule has 0 unspecified atom stereocenters. The summed E-state index contributed by atoms with van der Waals surface area (Å²) in [5.41, 5.74) is 1.43. The van der Waals surface area contributed by atoms with E-state index in [0.717, 1.165) is 10.8 Å². The number of ether oxygens (including phenoxy) is 1. The third-order valence-electron chi connectivity index (χ3n) is 4.17. The van der Waals surface area contributed by atoms with Gasteiger partial charge in [0.25, 0.3) is 5.91 Å². The van der Waals surface area contributed by atoms with Crippen molar-refractivity contribution >= 4 is 39.7 Å². The number of hydrogen-bond acceptors (Lipinski definition) is 5. The van der Waals surface area contributed by atoms with Crippen LogP contribution in [0.5, 0.6) is 0 Å². The number of aromatic nitrogens is 1.